The number of hydrogen-bond acceptors (Lipinski definition) is 3. The molecule has 0 spiro atoms. The number of phenolic OH excluding ortho intramolecular Hbond substituents is 1. The predicted molar refractivity (Wildman–Crippen MR) is 62.7 cm³/mol. The average molecular weight is 241 g/mol. The van der Waals surface area contributed by atoms with Gasteiger partial charge < -0.3 is 5.11 Å². The van der Waals surface area contributed by atoms with Crippen molar-refractivity contribution in [3.63, 3.8) is 0 Å². The third-order valence-corrected chi connectivity index (χ3v) is 3.59. The Morgan fingerprint density at radius 1 is 1.56 bits per heavy atom. The van der Waals surface area contributed by atoms with E-state index < -0.39 is 10.0 Å². The summed E-state index contributed by atoms with van der Waals surface area (Å²) in [6.45, 7) is 5.29. The highest BCUT2D eigenvalue weighted by molar-refractivity contribution is 7.89. The SMILES string of the molecule is C=CCC(C)NS(=O)(=O)c1cccc(O)c1. The Kier molecular flexibility index (Phi) is 4.09. The molecule has 0 bridgehead atoms. The molecule has 0 aromatic heterocycles. The molecule has 1 atom stereocenters. The van der Waals surface area contributed by atoms with Gasteiger partial charge in [-0.2, -0.15) is 0 Å². The molecule has 0 radical (unpaired) electrons. The molecule has 0 saturated heterocycles. The third kappa shape index (κ3) is 3.36. The summed E-state index contributed by atoms with van der Waals surface area (Å²) in [6, 6.07) is 5.34. The fourth-order valence-electron chi connectivity index (χ4n) is 1.28. The van der Waals surface area contributed by atoms with Gasteiger partial charge in [0.05, 0.1) is 4.90 Å². The fourth-order valence-corrected chi connectivity index (χ4v) is 2.58. The summed E-state index contributed by atoms with van der Waals surface area (Å²) in [7, 11) is -3.56. The summed E-state index contributed by atoms with van der Waals surface area (Å²) in [4.78, 5) is 0.0587. The predicted octanol–water partition coefficient (Wildman–Crippen LogP) is 1.64. The standard InChI is InChI=1S/C11H15NO3S/c1-3-5-9(2)12-16(14,15)11-7-4-6-10(13)8-11/h3-4,6-9,12-13H,1,5H2,2H3. The Morgan fingerprint density at radius 2 is 2.25 bits per heavy atom. The van der Waals surface area contributed by atoms with Gasteiger partial charge in [-0.05, 0) is 31.5 Å². The van der Waals surface area contributed by atoms with Crippen LogP contribution in [-0.4, -0.2) is 19.6 Å². The maximum atomic E-state index is 11.8. The zero-order chi connectivity index (χ0) is 12.2. The molecule has 1 aromatic carbocycles. The lowest BCUT2D eigenvalue weighted by Gasteiger charge is -2.12. The van der Waals surface area contributed by atoms with Crippen molar-refractivity contribution in [3.8, 4) is 5.75 Å². The van der Waals surface area contributed by atoms with Gasteiger partial charge in [0, 0.05) is 6.04 Å². The molecule has 5 heteroatoms. The van der Waals surface area contributed by atoms with Crippen molar-refractivity contribution in [1.29, 1.82) is 0 Å². The highest BCUT2D eigenvalue weighted by Gasteiger charge is 2.16. The van der Waals surface area contributed by atoms with Crippen LogP contribution in [0.1, 0.15) is 13.3 Å². The van der Waals surface area contributed by atoms with E-state index in [9.17, 15) is 13.5 Å². The van der Waals surface area contributed by atoms with Gasteiger partial charge in [0.1, 0.15) is 5.75 Å². The number of phenols is 1. The van der Waals surface area contributed by atoms with E-state index in [-0.39, 0.29) is 16.7 Å². The van der Waals surface area contributed by atoms with E-state index in [1.165, 1.54) is 24.3 Å². The molecule has 4 nitrogen and oxygen atoms in total. The van der Waals surface area contributed by atoms with Crippen LogP contribution in [0.25, 0.3) is 0 Å². The van der Waals surface area contributed by atoms with Crippen LogP contribution in [0, 0.1) is 0 Å². The molecule has 2 N–H and O–H groups in total. The van der Waals surface area contributed by atoms with Crippen LogP contribution in [0.3, 0.4) is 0 Å². The lowest BCUT2D eigenvalue weighted by Crippen LogP contribution is -2.32. The van der Waals surface area contributed by atoms with Crippen LogP contribution in [0.15, 0.2) is 41.8 Å². The lowest BCUT2D eigenvalue weighted by molar-refractivity contribution is 0.473. The molecule has 1 unspecified atom stereocenters. The first kappa shape index (κ1) is 12.7. The molecule has 88 valence electrons. The van der Waals surface area contributed by atoms with Crippen molar-refractivity contribution in [1.82, 2.24) is 4.72 Å². The Hall–Kier alpha value is -1.33. The molecule has 0 heterocycles. The van der Waals surface area contributed by atoms with Gasteiger partial charge in [-0.25, -0.2) is 13.1 Å². The van der Waals surface area contributed by atoms with Gasteiger partial charge in [0.15, 0.2) is 0 Å². The zero-order valence-corrected chi connectivity index (χ0v) is 9.87. The van der Waals surface area contributed by atoms with Crippen molar-refractivity contribution >= 4 is 10.0 Å². The number of hydrogen-bond donors (Lipinski definition) is 2. The summed E-state index contributed by atoms with van der Waals surface area (Å²) < 4.78 is 26.1. The maximum Gasteiger partial charge on any atom is 0.240 e. The van der Waals surface area contributed by atoms with Crippen molar-refractivity contribution in [3.05, 3.63) is 36.9 Å². The van der Waals surface area contributed by atoms with Crippen molar-refractivity contribution in [2.75, 3.05) is 0 Å². The molecule has 0 amide bonds. The Bertz CT molecular complexity index is 468. The van der Waals surface area contributed by atoms with Crippen LogP contribution in [-0.2, 0) is 10.0 Å². The van der Waals surface area contributed by atoms with E-state index in [0.29, 0.717) is 6.42 Å². The van der Waals surface area contributed by atoms with Crippen molar-refractivity contribution in [2.45, 2.75) is 24.3 Å². The number of sulfonamides is 1. The molecule has 0 aliphatic carbocycles. The Morgan fingerprint density at radius 3 is 2.81 bits per heavy atom. The lowest BCUT2D eigenvalue weighted by atomic mass is 10.3. The van der Waals surface area contributed by atoms with E-state index in [2.05, 4.69) is 11.3 Å². The summed E-state index contributed by atoms with van der Waals surface area (Å²) in [5.41, 5.74) is 0. The van der Waals surface area contributed by atoms with Gasteiger partial charge >= 0.3 is 0 Å². The van der Waals surface area contributed by atoms with Crippen molar-refractivity contribution in [2.24, 2.45) is 0 Å². The number of benzene rings is 1. The first-order valence-corrected chi connectivity index (χ1v) is 6.36. The molecule has 16 heavy (non-hydrogen) atoms. The monoisotopic (exact) mass is 241 g/mol. The molecular weight excluding hydrogens is 226 g/mol. The van der Waals surface area contributed by atoms with Crippen LogP contribution in [0.4, 0.5) is 0 Å². The quantitative estimate of drug-likeness (QED) is 0.770. The molecule has 1 aromatic rings. The molecule has 0 aliphatic rings. The van der Waals surface area contributed by atoms with Gasteiger partial charge in [0.25, 0.3) is 0 Å². The van der Waals surface area contributed by atoms with Crippen LogP contribution < -0.4 is 4.72 Å². The van der Waals surface area contributed by atoms with E-state index in [0.717, 1.165) is 0 Å². The smallest absolute Gasteiger partial charge is 0.240 e. The van der Waals surface area contributed by atoms with Gasteiger partial charge in [0.2, 0.25) is 10.0 Å². The Balaban J connectivity index is 2.90. The van der Waals surface area contributed by atoms with E-state index in [1.54, 1.807) is 13.0 Å². The van der Waals surface area contributed by atoms with Crippen molar-refractivity contribution < 1.29 is 13.5 Å². The van der Waals surface area contributed by atoms with Gasteiger partial charge in [-0.15, -0.1) is 6.58 Å². The third-order valence-electron chi connectivity index (χ3n) is 2.00. The van der Waals surface area contributed by atoms with E-state index in [1.807, 2.05) is 0 Å². The second kappa shape index (κ2) is 5.14. The minimum Gasteiger partial charge on any atom is -0.508 e. The maximum absolute atomic E-state index is 11.8. The molecule has 0 fully saturated rings. The van der Waals surface area contributed by atoms with E-state index >= 15 is 0 Å². The molecule has 0 saturated carbocycles. The normalized spacial score (nSPS) is 13.3. The summed E-state index contributed by atoms with van der Waals surface area (Å²) in [5.74, 6) is -0.0701. The highest BCUT2D eigenvalue weighted by atomic mass is 32.2. The fraction of sp³-hybridized carbons (Fsp3) is 0.273. The first-order valence-electron chi connectivity index (χ1n) is 4.88. The van der Waals surface area contributed by atoms with Crippen LogP contribution in [0.2, 0.25) is 0 Å². The topological polar surface area (TPSA) is 66.4 Å². The second-order valence-corrected chi connectivity index (χ2v) is 5.26. The van der Waals surface area contributed by atoms with Crippen LogP contribution in [0.5, 0.6) is 5.75 Å². The average Bonchev–Trinajstić information content (AvgIpc) is 2.17. The minimum atomic E-state index is -3.56. The number of rotatable bonds is 5. The first-order chi connectivity index (χ1) is 7.45. The summed E-state index contributed by atoms with van der Waals surface area (Å²) >= 11 is 0. The molecular formula is C11H15NO3S. The molecule has 0 aliphatic heterocycles. The number of nitrogens with one attached hydrogen (secondary N) is 1. The highest BCUT2D eigenvalue weighted by Crippen LogP contribution is 2.16. The molecule has 1 rings (SSSR count). The second-order valence-electron chi connectivity index (χ2n) is 3.54. The summed E-state index contributed by atoms with van der Waals surface area (Å²) in [5, 5.41) is 9.21. The number of aromatic hydroxyl groups is 1. The van der Waals surface area contributed by atoms with Crippen LogP contribution >= 0.6 is 0 Å². The van der Waals surface area contributed by atoms with E-state index in [4.69, 9.17) is 0 Å². The Labute approximate surface area is 95.7 Å². The van der Waals surface area contributed by atoms with Gasteiger partial charge in [-0.1, -0.05) is 12.1 Å². The minimum absolute atomic E-state index is 0.0587. The van der Waals surface area contributed by atoms with Gasteiger partial charge in [-0.3, -0.25) is 0 Å². The summed E-state index contributed by atoms with van der Waals surface area (Å²) in [6.07, 6.45) is 2.20. The largest absolute Gasteiger partial charge is 0.508 e. The zero-order valence-electron chi connectivity index (χ0n) is 9.05.